The Bertz CT molecular complexity index is 477. The summed E-state index contributed by atoms with van der Waals surface area (Å²) in [5.41, 5.74) is -0.107. The lowest BCUT2D eigenvalue weighted by atomic mass is 10.1. The summed E-state index contributed by atoms with van der Waals surface area (Å²) >= 11 is 0. The van der Waals surface area contributed by atoms with Gasteiger partial charge in [0.15, 0.2) is 17.4 Å². The van der Waals surface area contributed by atoms with Crippen molar-refractivity contribution in [3.63, 3.8) is 0 Å². The quantitative estimate of drug-likeness (QED) is 0.711. The van der Waals surface area contributed by atoms with Crippen LogP contribution in [-0.4, -0.2) is 6.79 Å². The molecule has 1 aromatic carbocycles. The summed E-state index contributed by atoms with van der Waals surface area (Å²) in [7, 11) is 0. The summed E-state index contributed by atoms with van der Waals surface area (Å²) in [5.74, 6) is -2.24. The Morgan fingerprint density at radius 2 is 2.07 bits per heavy atom. The highest BCUT2D eigenvalue weighted by atomic mass is 19.2. The van der Waals surface area contributed by atoms with Crippen LogP contribution in [0.1, 0.15) is 5.56 Å². The number of nitrogens with zero attached hydrogens (tertiary/aromatic N) is 1. The van der Waals surface area contributed by atoms with Gasteiger partial charge < -0.3 is 9.47 Å². The van der Waals surface area contributed by atoms with Crippen LogP contribution in [0.3, 0.4) is 0 Å². The molecule has 0 bridgehead atoms. The van der Waals surface area contributed by atoms with Gasteiger partial charge in [-0.2, -0.15) is 5.26 Å². The van der Waals surface area contributed by atoms with Crippen molar-refractivity contribution >= 4 is 5.76 Å². The van der Waals surface area contributed by atoms with Gasteiger partial charge in [-0.15, -0.1) is 0 Å². The largest absolute Gasteiger partial charge is 0.452 e. The smallest absolute Gasteiger partial charge is 0.243 e. The monoisotopic (exact) mass is 209 g/mol. The number of hydrogen-bond acceptors (Lipinski definition) is 3. The Morgan fingerprint density at radius 1 is 1.27 bits per heavy atom. The van der Waals surface area contributed by atoms with Gasteiger partial charge in [-0.1, -0.05) is 6.07 Å². The first-order valence-electron chi connectivity index (χ1n) is 4.08. The standard InChI is InChI=1S/C10H5F2NO2/c11-7-3-1-2-6(9(7)12)10-8(4-13)14-5-15-10/h1-3H,5H2. The van der Waals surface area contributed by atoms with E-state index in [1.54, 1.807) is 6.07 Å². The van der Waals surface area contributed by atoms with Crippen LogP contribution in [0.5, 0.6) is 0 Å². The van der Waals surface area contributed by atoms with Crippen molar-refractivity contribution in [2.45, 2.75) is 0 Å². The SMILES string of the molecule is N#CC1=C(c2cccc(F)c2F)OCO1. The Balaban J connectivity index is 2.56. The second-order valence-electron chi connectivity index (χ2n) is 2.78. The third-order valence-electron chi connectivity index (χ3n) is 1.91. The van der Waals surface area contributed by atoms with Crippen LogP contribution in [0.4, 0.5) is 8.78 Å². The molecule has 0 unspecified atom stereocenters. The molecule has 3 nitrogen and oxygen atoms in total. The zero-order valence-corrected chi connectivity index (χ0v) is 7.46. The van der Waals surface area contributed by atoms with Crippen molar-refractivity contribution in [3.8, 4) is 6.07 Å². The second kappa shape index (κ2) is 3.58. The third-order valence-corrected chi connectivity index (χ3v) is 1.91. The maximum atomic E-state index is 13.3. The van der Waals surface area contributed by atoms with Crippen molar-refractivity contribution in [2.75, 3.05) is 6.79 Å². The molecule has 0 amide bonds. The van der Waals surface area contributed by atoms with E-state index in [2.05, 4.69) is 0 Å². The summed E-state index contributed by atoms with van der Waals surface area (Å²) < 4.78 is 35.9. The molecule has 76 valence electrons. The molecular formula is C10H5F2NO2. The molecule has 0 saturated heterocycles. The highest BCUT2D eigenvalue weighted by Crippen LogP contribution is 2.28. The Kier molecular flexibility index (Phi) is 2.26. The van der Waals surface area contributed by atoms with Crippen molar-refractivity contribution in [1.82, 2.24) is 0 Å². The predicted molar refractivity (Wildman–Crippen MR) is 45.9 cm³/mol. The topological polar surface area (TPSA) is 42.2 Å². The normalized spacial score (nSPS) is 14.5. The average molecular weight is 209 g/mol. The van der Waals surface area contributed by atoms with E-state index in [9.17, 15) is 8.78 Å². The second-order valence-corrected chi connectivity index (χ2v) is 2.78. The van der Waals surface area contributed by atoms with Gasteiger partial charge in [0.05, 0.1) is 5.56 Å². The third kappa shape index (κ3) is 1.50. The molecule has 0 fully saturated rings. The molecule has 0 saturated carbocycles. The van der Waals surface area contributed by atoms with E-state index in [4.69, 9.17) is 14.7 Å². The van der Waals surface area contributed by atoms with E-state index in [-0.39, 0.29) is 23.9 Å². The molecule has 0 spiro atoms. The van der Waals surface area contributed by atoms with Gasteiger partial charge in [-0.25, -0.2) is 8.78 Å². The van der Waals surface area contributed by atoms with Gasteiger partial charge in [0, 0.05) is 0 Å². The minimum Gasteiger partial charge on any atom is -0.452 e. The van der Waals surface area contributed by atoms with Crippen LogP contribution >= 0.6 is 0 Å². The van der Waals surface area contributed by atoms with E-state index in [0.29, 0.717) is 0 Å². The summed E-state index contributed by atoms with van der Waals surface area (Å²) in [5, 5.41) is 8.63. The highest BCUT2D eigenvalue weighted by Gasteiger charge is 2.23. The number of benzene rings is 1. The minimum absolute atomic E-state index is 0.0606. The summed E-state index contributed by atoms with van der Waals surface area (Å²) in [6.07, 6.45) is 0. The van der Waals surface area contributed by atoms with Crippen molar-refractivity contribution in [1.29, 1.82) is 5.26 Å². The van der Waals surface area contributed by atoms with Gasteiger partial charge in [0.2, 0.25) is 12.6 Å². The minimum atomic E-state index is -1.05. The van der Waals surface area contributed by atoms with Gasteiger partial charge >= 0.3 is 0 Å². The Hall–Kier alpha value is -2.09. The maximum absolute atomic E-state index is 13.3. The van der Waals surface area contributed by atoms with Crippen molar-refractivity contribution in [3.05, 3.63) is 41.2 Å². The Labute approximate surface area is 84.1 Å². The molecule has 15 heavy (non-hydrogen) atoms. The first-order chi connectivity index (χ1) is 7.24. The molecule has 0 atom stereocenters. The number of halogens is 2. The molecule has 0 aliphatic carbocycles. The molecule has 1 heterocycles. The summed E-state index contributed by atoms with van der Waals surface area (Å²) in [4.78, 5) is 0. The molecule has 1 aliphatic heterocycles. The first kappa shape index (κ1) is 9.46. The number of allylic oxidation sites excluding steroid dienone is 1. The molecule has 1 aromatic rings. The Morgan fingerprint density at radius 3 is 2.80 bits per heavy atom. The number of hydrogen-bond donors (Lipinski definition) is 0. The van der Waals surface area contributed by atoms with Gasteiger partial charge in [0.1, 0.15) is 6.07 Å². The fourth-order valence-corrected chi connectivity index (χ4v) is 1.24. The number of nitriles is 1. The van der Waals surface area contributed by atoms with E-state index < -0.39 is 11.6 Å². The molecule has 0 radical (unpaired) electrons. The molecule has 0 N–H and O–H groups in total. The van der Waals surface area contributed by atoms with Crippen LogP contribution in [0.25, 0.3) is 5.76 Å². The predicted octanol–water partition coefficient (Wildman–Crippen LogP) is 2.16. The molecule has 0 aromatic heterocycles. The van der Waals surface area contributed by atoms with E-state index in [1.165, 1.54) is 12.1 Å². The van der Waals surface area contributed by atoms with Gasteiger partial charge in [-0.05, 0) is 12.1 Å². The van der Waals surface area contributed by atoms with E-state index >= 15 is 0 Å². The van der Waals surface area contributed by atoms with Crippen molar-refractivity contribution < 1.29 is 18.3 Å². The molecule has 5 heteroatoms. The zero-order valence-electron chi connectivity index (χ0n) is 7.46. The summed E-state index contributed by atoms with van der Waals surface area (Å²) in [6.45, 7) is -0.159. The van der Waals surface area contributed by atoms with Crippen LogP contribution < -0.4 is 0 Å². The first-order valence-corrected chi connectivity index (χ1v) is 4.08. The van der Waals surface area contributed by atoms with Crippen molar-refractivity contribution in [2.24, 2.45) is 0 Å². The number of ether oxygens (including phenoxy) is 2. The molecular weight excluding hydrogens is 204 g/mol. The van der Waals surface area contributed by atoms with E-state index in [1.807, 2.05) is 0 Å². The summed E-state index contributed by atoms with van der Waals surface area (Å²) in [6, 6.07) is 5.34. The van der Waals surface area contributed by atoms with Gasteiger partial charge in [0.25, 0.3) is 0 Å². The fourth-order valence-electron chi connectivity index (χ4n) is 1.24. The lowest BCUT2D eigenvalue weighted by Gasteiger charge is -2.02. The molecule has 1 aliphatic rings. The lowest BCUT2D eigenvalue weighted by molar-refractivity contribution is 0.0925. The number of rotatable bonds is 1. The lowest BCUT2D eigenvalue weighted by Crippen LogP contribution is -1.94. The maximum Gasteiger partial charge on any atom is 0.243 e. The van der Waals surface area contributed by atoms with E-state index in [0.717, 1.165) is 6.07 Å². The molecule has 2 rings (SSSR count). The zero-order chi connectivity index (χ0) is 10.8. The fraction of sp³-hybridized carbons (Fsp3) is 0.100. The average Bonchev–Trinajstić information content (AvgIpc) is 2.70. The van der Waals surface area contributed by atoms with Crippen LogP contribution in [0, 0.1) is 23.0 Å². The van der Waals surface area contributed by atoms with Crippen LogP contribution in [0.2, 0.25) is 0 Å². The van der Waals surface area contributed by atoms with Gasteiger partial charge in [-0.3, -0.25) is 0 Å². The van der Waals surface area contributed by atoms with Crippen LogP contribution in [-0.2, 0) is 9.47 Å². The highest BCUT2D eigenvalue weighted by molar-refractivity contribution is 5.66. The van der Waals surface area contributed by atoms with Crippen LogP contribution in [0.15, 0.2) is 24.0 Å².